The quantitative estimate of drug-likeness (QED) is 0.704. The number of aliphatic carboxylic acids is 1. The summed E-state index contributed by atoms with van der Waals surface area (Å²) in [6, 6.07) is -0.968. The van der Waals surface area contributed by atoms with Crippen LogP contribution in [0, 0.1) is 0 Å². The van der Waals surface area contributed by atoms with Gasteiger partial charge in [-0.1, -0.05) is 4.49 Å². The van der Waals surface area contributed by atoms with Crippen molar-refractivity contribution in [3.05, 3.63) is 11.1 Å². The van der Waals surface area contributed by atoms with E-state index in [9.17, 15) is 14.7 Å². The Balaban J connectivity index is 2.20. The van der Waals surface area contributed by atoms with Crippen LogP contribution >= 0.6 is 11.5 Å². The molecular formula is C8H9N3O4S. The first kappa shape index (κ1) is 11.0. The second-order valence-electron chi connectivity index (χ2n) is 3.48. The third-order valence-corrected chi connectivity index (χ3v) is 3.05. The lowest BCUT2D eigenvalue weighted by Crippen LogP contribution is -2.40. The van der Waals surface area contributed by atoms with E-state index in [2.05, 4.69) is 9.59 Å². The van der Waals surface area contributed by atoms with Crippen molar-refractivity contribution in [1.29, 1.82) is 0 Å². The van der Waals surface area contributed by atoms with Crippen molar-refractivity contribution < 1.29 is 19.8 Å². The van der Waals surface area contributed by atoms with Crippen LogP contribution in [0.1, 0.15) is 16.1 Å². The van der Waals surface area contributed by atoms with Crippen LogP contribution in [0.15, 0.2) is 6.20 Å². The van der Waals surface area contributed by atoms with E-state index in [4.69, 9.17) is 5.11 Å². The lowest BCUT2D eigenvalue weighted by Gasteiger charge is -2.19. The van der Waals surface area contributed by atoms with Gasteiger partial charge in [0.1, 0.15) is 10.9 Å². The number of aromatic nitrogens is 2. The van der Waals surface area contributed by atoms with Gasteiger partial charge in [-0.15, -0.1) is 5.10 Å². The fourth-order valence-corrected chi connectivity index (χ4v) is 2.15. The highest BCUT2D eigenvalue weighted by Gasteiger charge is 2.39. The summed E-state index contributed by atoms with van der Waals surface area (Å²) in [6.45, 7) is 0.0354. The number of hydrogen-bond acceptors (Lipinski definition) is 6. The zero-order chi connectivity index (χ0) is 11.7. The molecule has 2 heterocycles. The van der Waals surface area contributed by atoms with Crippen molar-refractivity contribution in [2.45, 2.75) is 18.6 Å². The molecule has 0 bridgehead atoms. The molecule has 2 N–H and O–H groups in total. The monoisotopic (exact) mass is 243 g/mol. The normalized spacial score (nSPS) is 24.7. The van der Waals surface area contributed by atoms with Gasteiger partial charge >= 0.3 is 5.97 Å². The molecule has 2 rings (SSSR count). The van der Waals surface area contributed by atoms with Crippen molar-refractivity contribution in [2.24, 2.45) is 0 Å². The van der Waals surface area contributed by atoms with Gasteiger partial charge in [0.2, 0.25) is 0 Å². The zero-order valence-corrected chi connectivity index (χ0v) is 8.92. The van der Waals surface area contributed by atoms with Gasteiger partial charge in [-0.05, 0) is 11.5 Å². The Kier molecular flexibility index (Phi) is 2.84. The van der Waals surface area contributed by atoms with Crippen molar-refractivity contribution in [3.63, 3.8) is 0 Å². The van der Waals surface area contributed by atoms with Gasteiger partial charge in [0, 0.05) is 13.0 Å². The number of carboxylic acid groups (broad SMARTS) is 1. The van der Waals surface area contributed by atoms with Gasteiger partial charge in [0.25, 0.3) is 5.91 Å². The molecule has 0 aromatic carbocycles. The maximum Gasteiger partial charge on any atom is 0.326 e. The molecule has 1 fully saturated rings. The SMILES string of the molecule is O=C(O)[C@@H]1C[C@H](O)CN1C(=O)c1cnns1. The molecule has 86 valence electrons. The largest absolute Gasteiger partial charge is 0.480 e. The number of hydrogen-bond donors (Lipinski definition) is 2. The summed E-state index contributed by atoms with van der Waals surface area (Å²) in [6.07, 6.45) is 0.565. The van der Waals surface area contributed by atoms with Crippen LogP contribution in [-0.2, 0) is 4.79 Å². The minimum Gasteiger partial charge on any atom is -0.480 e. The second kappa shape index (κ2) is 4.14. The number of β-amino-alcohol motifs (C(OH)–C–C–N with tert-alkyl or cyclic N) is 1. The van der Waals surface area contributed by atoms with Crippen LogP contribution in [0.5, 0.6) is 0 Å². The lowest BCUT2D eigenvalue weighted by molar-refractivity contribution is -0.141. The number of amides is 1. The average Bonchev–Trinajstić information content (AvgIpc) is 2.84. The maximum absolute atomic E-state index is 11.9. The molecule has 1 aromatic rings. The van der Waals surface area contributed by atoms with E-state index >= 15 is 0 Å². The molecule has 1 saturated heterocycles. The summed E-state index contributed by atoms with van der Waals surface area (Å²) in [5.74, 6) is -1.55. The Hall–Kier alpha value is -1.54. The van der Waals surface area contributed by atoms with E-state index in [0.29, 0.717) is 0 Å². The third-order valence-electron chi connectivity index (χ3n) is 2.40. The predicted molar refractivity (Wildman–Crippen MR) is 53.0 cm³/mol. The smallest absolute Gasteiger partial charge is 0.326 e. The number of carbonyl (C=O) groups is 2. The molecule has 0 saturated carbocycles. The number of aliphatic hydroxyl groups is 1. The second-order valence-corrected chi connectivity index (χ2v) is 4.27. The van der Waals surface area contributed by atoms with Gasteiger partial charge in [-0.3, -0.25) is 4.79 Å². The van der Waals surface area contributed by atoms with Gasteiger partial charge in [-0.25, -0.2) is 4.79 Å². The first-order chi connectivity index (χ1) is 7.59. The number of carbonyl (C=O) groups excluding carboxylic acids is 1. The summed E-state index contributed by atoms with van der Waals surface area (Å²) >= 11 is 0.906. The molecule has 1 amide bonds. The van der Waals surface area contributed by atoms with E-state index in [1.807, 2.05) is 0 Å². The number of nitrogens with zero attached hydrogens (tertiary/aromatic N) is 3. The van der Waals surface area contributed by atoms with E-state index in [-0.39, 0.29) is 17.8 Å². The minimum atomic E-state index is -1.11. The van der Waals surface area contributed by atoms with Gasteiger partial charge in [-0.2, -0.15) is 0 Å². The summed E-state index contributed by atoms with van der Waals surface area (Å²) in [5.41, 5.74) is 0. The molecule has 0 unspecified atom stereocenters. The van der Waals surface area contributed by atoms with E-state index in [1.165, 1.54) is 6.20 Å². The van der Waals surface area contributed by atoms with Crippen molar-refractivity contribution in [2.75, 3.05) is 6.54 Å². The molecular weight excluding hydrogens is 234 g/mol. The van der Waals surface area contributed by atoms with Crippen LogP contribution < -0.4 is 0 Å². The summed E-state index contributed by atoms with van der Waals surface area (Å²) in [4.78, 5) is 24.2. The van der Waals surface area contributed by atoms with E-state index < -0.39 is 24.0 Å². The molecule has 1 aliphatic heterocycles. The van der Waals surface area contributed by atoms with Crippen LogP contribution in [0.25, 0.3) is 0 Å². The van der Waals surface area contributed by atoms with Crippen LogP contribution in [0.3, 0.4) is 0 Å². The van der Waals surface area contributed by atoms with Gasteiger partial charge in [0.15, 0.2) is 0 Å². The zero-order valence-electron chi connectivity index (χ0n) is 8.11. The van der Waals surface area contributed by atoms with Crippen LogP contribution in [0.2, 0.25) is 0 Å². The molecule has 16 heavy (non-hydrogen) atoms. The topological polar surface area (TPSA) is 104 Å². The number of likely N-dealkylation sites (tertiary alicyclic amines) is 1. The highest BCUT2D eigenvalue weighted by atomic mass is 32.1. The van der Waals surface area contributed by atoms with E-state index in [1.54, 1.807) is 0 Å². The van der Waals surface area contributed by atoms with Crippen LogP contribution in [0.4, 0.5) is 0 Å². The molecule has 0 spiro atoms. The molecule has 1 aromatic heterocycles. The average molecular weight is 243 g/mol. The third kappa shape index (κ3) is 1.89. The van der Waals surface area contributed by atoms with Gasteiger partial charge < -0.3 is 15.1 Å². The summed E-state index contributed by atoms with van der Waals surface area (Å²) < 4.78 is 3.54. The Morgan fingerprint density at radius 3 is 2.88 bits per heavy atom. The number of carboxylic acids is 1. The Morgan fingerprint density at radius 2 is 2.31 bits per heavy atom. The van der Waals surface area contributed by atoms with Crippen molar-refractivity contribution in [3.8, 4) is 0 Å². The minimum absolute atomic E-state index is 0.0354. The Labute approximate surface area is 94.5 Å². The summed E-state index contributed by atoms with van der Waals surface area (Å²) in [7, 11) is 0. The fraction of sp³-hybridized carbons (Fsp3) is 0.500. The molecule has 0 radical (unpaired) electrons. The first-order valence-corrected chi connectivity index (χ1v) is 5.36. The summed E-state index contributed by atoms with van der Waals surface area (Å²) in [5, 5.41) is 21.8. The fourth-order valence-electron chi connectivity index (χ4n) is 1.68. The van der Waals surface area contributed by atoms with Crippen molar-refractivity contribution >= 4 is 23.4 Å². The first-order valence-electron chi connectivity index (χ1n) is 4.59. The number of rotatable bonds is 2. The standard InChI is InChI=1S/C8H9N3O4S/c12-4-1-5(8(14)15)11(3-4)7(13)6-2-9-10-16-6/h2,4-5,12H,1,3H2,(H,14,15)/t4-,5-/m0/s1. The Bertz CT molecular complexity index is 407. The number of aliphatic hydroxyl groups excluding tert-OH is 1. The molecule has 0 aliphatic carbocycles. The van der Waals surface area contributed by atoms with E-state index in [0.717, 1.165) is 16.4 Å². The lowest BCUT2D eigenvalue weighted by atomic mass is 10.2. The molecule has 2 atom stereocenters. The van der Waals surface area contributed by atoms with Gasteiger partial charge in [0.05, 0.1) is 12.3 Å². The Morgan fingerprint density at radius 1 is 1.56 bits per heavy atom. The predicted octanol–water partition coefficient (Wildman–Crippen LogP) is -0.802. The molecule has 1 aliphatic rings. The maximum atomic E-state index is 11.9. The highest BCUT2D eigenvalue weighted by Crippen LogP contribution is 2.21. The molecule has 7 nitrogen and oxygen atoms in total. The van der Waals surface area contributed by atoms with Crippen molar-refractivity contribution in [1.82, 2.24) is 14.5 Å². The molecule has 8 heteroatoms. The van der Waals surface area contributed by atoms with Crippen LogP contribution in [-0.4, -0.2) is 55.3 Å². The highest BCUT2D eigenvalue weighted by molar-refractivity contribution is 7.07.